The molecule has 1 amide bonds. The number of hydrogen-bond acceptors (Lipinski definition) is 2. The van der Waals surface area contributed by atoms with Crippen LogP contribution < -0.4 is 5.73 Å². The van der Waals surface area contributed by atoms with Crippen molar-refractivity contribution in [3.63, 3.8) is 0 Å². The summed E-state index contributed by atoms with van der Waals surface area (Å²) in [6.45, 7) is 2.26. The first kappa shape index (κ1) is 19.5. The average molecular weight is 359 g/mol. The Kier molecular flexibility index (Phi) is 7.48. The smallest absolute Gasteiger partial charge is 0.253 e. The van der Waals surface area contributed by atoms with Gasteiger partial charge in [0.25, 0.3) is 5.91 Å². The van der Waals surface area contributed by atoms with Gasteiger partial charge in [-0.1, -0.05) is 42.5 Å². The summed E-state index contributed by atoms with van der Waals surface area (Å²) >= 11 is 0. The Labute approximate surface area is 156 Å². The normalized spacial score (nSPS) is 14.8. The number of likely N-dealkylation sites (tertiary alicyclic amines) is 1. The van der Waals surface area contributed by atoms with Crippen molar-refractivity contribution in [1.29, 1.82) is 0 Å². The first-order chi connectivity index (χ1) is 11.8. The van der Waals surface area contributed by atoms with Crippen molar-refractivity contribution in [1.82, 2.24) is 4.90 Å². The third-order valence-corrected chi connectivity index (χ3v) is 5.02. The fourth-order valence-electron chi connectivity index (χ4n) is 3.41. The summed E-state index contributed by atoms with van der Waals surface area (Å²) in [6, 6.07) is 18.3. The zero-order chi connectivity index (χ0) is 16.8. The van der Waals surface area contributed by atoms with E-state index in [-0.39, 0.29) is 18.3 Å². The van der Waals surface area contributed by atoms with Crippen LogP contribution in [-0.4, -0.2) is 23.9 Å². The molecule has 0 aromatic heterocycles. The first-order valence-corrected chi connectivity index (χ1v) is 8.88. The molecular weight excluding hydrogens is 332 g/mol. The molecule has 0 radical (unpaired) electrons. The van der Waals surface area contributed by atoms with Crippen molar-refractivity contribution in [3.8, 4) is 0 Å². The number of piperidine rings is 1. The number of rotatable bonds is 5. The van der Waals surface area contributed by atoms with Crippen LogP contribution in [0.3, 0.4) is 0 Å². The van der Waals surface area contributed by atoms with Crippen LogP contribution in [0, 0.1) is 5.92 Å². The summed E-state index contributed by atoms with van der Waals surface area (Å²) in [5, 5.41) is 0. The largest absolute Gasteiger partial charge is 0.339 e. The zero-order valence-corrected chi connectivity index (χ0v) is 15.4. The Hall–Kier alpha value is -1.84. The Morgan fingerprint density at radius 2 is 1.60 bits per heavy atom. The molecule has 2 aromatic carbocycles. The number of carbonyl (C=O) groups excluding carboxylic acids is 1. The summed E-state index contributed by atoms with van der Waals surface area (Å²) in [6.07, 6.45) is 4.58. The lowest BCUT2D eigenvalue weighted by Crippen LogP contribution is -2.38. The summed E-state index contributed by atoms with van der Waals surface area (Å²) in [7, 11) is 0. The fraction of sp³-hybridized carbons (Fsp3) is 0.381. The van der Waals surface area contributed by atoms with Gasteiger partial charge in [0, 0.05) is 25.2 Å². The van der Waals surface area contributed by atoms with Crippen LogP contribution in [0.4, 0.5) is 0 Å². The van der Waals surface area contributed by atoms with Gasteiger partial charge in [-0.2, -0.15) is 0 Å². The van der Waals surface area contributed by atoms with Crippen LogP contribution >= 0.6 is 12.4 Å². The first-order valence-electron chi connectivity index (χ1n) is 8.88. The molecule has 1 aliphatic rings. The summed E-state index contributed by atoms with van der Waals surface area (Å²) in [5.74, 6) is 0.883. The van der Waals surface area contributed by atoms with Crippen molar-refractivity contribution in [2.75, 3.05) is 13.1 Å². The van der Waals surface area contributed by atoms with E-state index in [9.17, 15) is 4.79 Å². The second-order valence-electron chi connectivity index (χ2n) is 6.66. The topological polar surface area (TPSA) is 46.3 Å². The molecule has 2 aromatic rings. The number of amides is 1. The maximum absolute atomic E-state index is 12.6. The molecule has 0 saturated carbocycles. The van der Waals surface area contributed by atoms with Crippen LogP contribution in [-0.2, 0) is 13.0 Å². The van der Waals surface area contributed by atoms with Crippen molar-refractivity contribution in [2.45, 2.75) is 32.2 Å². The predicted molar refractivity (Wildman–Crippen MR) is 105 cm³/mol. The van der Waals surface area contributed by atoms with E-state index >= 15 is 0 Å². The van der Waals surface area contributed by atoms with Gasteiger partial charge in [0.05, 0.1) is 0 Å². The number of carbonyl (C=O) groups is 1. The maximum Gasteiger partial charge on any atom is 0.253 e. The summed E-state index contributed by atoms with van der Waals surface area (Å²) in [4.78, 5) is 14.6. The Bertz CT molecular complexity index is 649. The van der Waals surface area contributed by atoms with Crippen molar-refractivity contribution in [2.24, 2.45) is 11.7 Å². The highest BCUT2D eigenvalue weighted by Crippen LogP contribution is 2.23. The Morgan fingerprint density at radius 1 is 0.960 bits per heavy atom. The lowest BCUT2D eigenvalue weighted by Gasteiger charge is -2.32. The monoisotopic (exact) mass is 358 g/mol. The molecule has 1 aliphatic heterocycles. The molecule has 0 unspecified atom stereocenters. The quantitative estimate of drug-likeness (QED) is 0.876. The molecule has 134 valence electrons. The van der Waals surface area contributed by atoms with E-state index in [1.807, 2.05) is 29.2 Å². The highest BCUT2D eigenvalue weighted by molar-refractivity contribution is 5.94. The molecule has 25 heavy (non-hydrogen) atoms. The SMILES string of the molecule is Cl.NCc1ccc(C(=O)N2CCC(CCc3ccccc3)CC2)cc1. The van der Waals surface area contributed by atoms with Gasteiger partial charge in [-0.15, -0.1) is 12.4 Å². The van der Waals surface area contributed by atoms with Gasteiger partial charge in [0.2, 0.25) is 0 Å². The molecular formula is C21H27ClN2O. The standard InChI is InChI=1S/C21H26N2O.ClH/c22-16-19-8-10-20(11-9-19)21(24)23-14-12-18(13-15-23)7-6-17-4-2-1-3-5-17;/h1-5,8-11,18H,6-7,12-16,22H2;1H. The molecule has 3 rings (SSSR count). The molecule has 3 nitrogen and oxygen atoms in total. The van der Waals surface area contributed by atoms with E-state index < -0.39 is 0 Å². The molecule has 0 aliphatic carbocycles. The van der Waals surface area contributed by atoms with E-state index in [1.54, 1.807) is 0 Å². The molecule has 1 saturated heterocycles. The number of aryl methyl sites for hydroxylation is 1. The van der Waals surface area contributed by atoms with E-state index in [0.29, 0.717) is 6.54 Å². The van der Waals surface area contributed by atoms with E-state index in [2.05, 4.69) is 30.3 Å². The van der Waals surface area contributed by atoms with Gasteiger partial charge in [-0.05, 0) is 54.9 Å². The zero-order valence-electron chi connectivity index (χ0n) is 14.6. The predicted octanol–water partition coefficient (Wildman–Crippen LogP) is 4.05. The minimum atomic E-state index is 0. The molecule has 2 N–H and O–H groups in total. The number of hydrogen-bond donors (Lipinski definition) is 1. The lowest BCUT2D eigenvalue weighted by atomic mass is 9.90. The van der Waals surface area contributed by atoms with Crippen LogP contribution in [0.15, 0.2) is 54.6 Å². The highest BCUT2D eigenvalue weighted by atomic mass is 35.5. The van der Waals surface area contributed by atoms with E-state index in [4.69, 9.17) is 5.73 Å². The van der Waals surface area contributed by atoms with Gasteiger partial charge in [0.1, 0.15) is 0 Å². The third kappa shape index (κ3) is 5.32. The third-order valence-electron chi connectivity index (χ3n) is 5.02. The molecule has 0 spiro atoms. The minimum Gasteiger partial charge on any atom is -0.339 e. The average Bonchev–Trinajstić information content (AvgIpc) is 2.67. The number of nitrogens with zero attached hydrogens (tertiary/aromatic N) is 1. The molecule has 0 atom stereocenters. The lowest BCUT2D eigenvalue weighted by molar-refractivity contribution is 0.0687. The molecule has 1 fully saturated rings. The molecule has 4 heteroatoms. The second-order valence-corrected chi connectivity index (χ2v) is 6.66. The van der Waals surface area contributed by atoms with Crippen LogP contribution in [0.25, 0.3) is 0 Å². The van der Waals surface area contributed by atoms with E-state index in [1.165, 1.54) is 12.0 Å². The number of nitrogens with two attached hydrogens (primary N) is 1. The number of halogens is 1. The van der Waals surface area contributed by atoms with Crippen LogP contribution in [0.2, 0.25) is 0 Å². The van der Waals surface area contributed by atoms with Crippen molar-refractivity contribution >= 4 is 18.3 Å². The Morgan fingerprint density at radius 3 is 2.20 bits per heavy atom. The van der Waals surface area contributed by atoms with Gasteiger partial charge in [0.15, 0.2) is 0 Å². The molecule has 0 bridgehead atoms. The summed E-state index contributed by atoms with van der Waals surface area (Å²) in [5.41, 5.74) is 8.86. The van der Waals surface area contributed by atoms with E-state index in [0.717, 1.165) is 49.4 Å². The van der Waals surface area contributed by atoms with Gasteiger partial charge < -0.3 is 10.6 Å². The van der Waals surface area contributed by atoms with Crippen molar-refractivity contribution < 1.29 is 4.79 Å². The van der Waals surface area contributed by atoms with Crippen molar-refractivity contribution in [3.05, 3.63) is 71.3 Å². The number of benzene rings is 2. The van der Waals surface area contributed by atoms with Gasteiger partial charge in [-0.25, -0.2) is 0 Å². The summed E-state index contributed by atoms with van der Waals surface area (Å²) < 4.78 is 0. The highest BCUT2D eigenvalue weighted by Gasteiger charge is 2.23. The fourth-order valence-corrected chi connectivity index (χ4v) is 3.41. The molecule has 1 heterocycles. The maximum atomic E-state index is 12.6. The van der Waals surface area contributed by atoms with Crippen LogP contribution in [0.5, 0.6) is 0 Å². The second kappa shape index (κ2) is 9.59. The van der Waals surface area contributed by atoms with Gasteiger partial charge in [-0.3, -0.25) is 4.79 Å². The minimum absolute atomic E-state index is 0. The van der Waals surface area contributed by atoms with Crippen LogP contribution in [0.1, 0.15) is 40.7 Å². The van der Waals surface area contributed by atoms with Gasteiger partial charge >= 0.3 is 0 Å². The Balaban J connectivity index is 0.00000225.